The lowest BCUT2D eigenvalue weighted by Crippen LogP contribution is -2.21. The molecular formula is C21H15N7O3. The van der Waals surface area contributed by atoms with Gasteiger partial charge in [0.1, 0.15) is 6.33 Å². The van der Waals surface area contributed by atoms with Crippen molar-refractivity contribution >= 4 is 33.4 Å². The number of hydrogen-bond donors (Lipinski definition) is 2. The largest absolute Gasteiger partial charge is 0.326 e. The number of hydrogen-bond acceptors (Lipinski definition) is 6. The van der Waals surface area contributed by atoms with Crippen LogP contribution in [-0.2, 0) is 4.79 Å². The number of aromatic nitrogens is 6. The molecule has 0 unspecified atom stereocenters. The zero-order valence-electron chi connectivity index (χ0n) is 16.2. The summed E-state index contributed by atoms with van der Waals surface area (Å²) in [6.45, 7) is 1.43. The number of amides is 1. The van der Waals surface area contributed by atoms with E-state index in [0.29, 0.717) is 33.2 Å². The lowest BCUT2D eigenvalue weighted by atomic mass is 10.2. The Labute approximate surface area is 173 Å². The summed E-state index contributed by atoms with van der Waals surface area (Å²) >= 11 is 0. The third kappa shape index (κ3) is 3.15. The number of rotatable bonds is 3. The summed E-state index contributed by atoms with van der Waals surface area (Å²) in [4.78, 5) is 45.8. The monoisotopic (exact) mass is 413 g/mol. The van der Waals surface area contributed by atoms with Crippen LogP contribution in [0.25, 0.3) is 33.4 Å². The van der Waals surface area contributed by atoms with Crippen molar-refractivity contribution in [3.05, 3.63) is 81.9 Å². The predicted molar refractivity (Wildman–Crippen MR) is 115 cm³/mol. The van der Waals surface area contributed by atoms with Gasteiger partial charge in [0.2, 0.25) is 11.9 Å². The van der Waals surface area contributed by atoms with E-state index in [1.54, 1.807) is 54.9 Å². The van der Waals surface area contributed by atoms with Crippen LogP contribution in [0, 0.1) is 0 Å². The van der Waals surface area contributed by atoms with Crippen LogP contribution in [0.15, 0.2) is 70.8 Å². The minimum atomic E-state index is -0.363. The molecule has 5 rings (SSSR count). The summed E-state index contributed by atoms with van der Waals surface area (Å²) in [5.41, 5.74) is 1.54. The van der Waals surface area contributed by atoms with Crippen molar-refractivity contribution in [3.8, 4) is 11.6 Å². The highest BCUT2D eigenvalue weighted by atomic mass is 16.1. The first-order valence-electron chi connectivity index (χ1n) is 9.33. The van der Waals surface area contributed by atoms with Crippen molar-refractivity contribution in [2.45, 2.75) is 6.92 Å². The molecule has 0 bridgehead atoms. The predicted octanol–water partition coefficient (Wildman–Crippen LogP) is 1.77. The number of carbonyl (C=O) groups is 1. The molecule has 0 spiro atoms. The van der Waals surface area contributed by atoms with Gasteiger partial charge in [-0.25, -0.2) is 10.1 Å². The van der Waals surface area contributed by atoms with E-state index in [-0.39, 0.29) is 23.0 Å². The maximum Gasteiger partial charge on any atom is 0.266 e. The summed E-state index contributed by atoms with van der Waals surface area (Å²) in [5.74, 6) is 0.0984. The fourth-order valence-electron chi connectivity index (χ4n) is 3.42. The van der Waals surface area contributed by atoms with Crippen molar-refractivity contribution in [1.29, 1.82) is 0 Å². The van der Waals surface area contributed by atoms with Gasteiger partial charge in [0.05, 0.1) is 21.8 Å². The standard InChI is InChI=1S/C21H15N7O3/c1-12(29)24-13-2-4-14(5-3-13)27-8-6-17-15(19(27)30)10-16-18(25-17)7-9-28(20(16)31)21-22-11-23-26-21/h2-11H,1H3,(H,24,29)(H,22,23,26). The molecule has 1 aromatic carbocycles. The van der Waals surface area contributed by atoms with Crippen molar-refractivity contribution < 1.29 is 4.79 Å². The molecule has 0 saturated carbocycles. The Kier molecular flexibility index (Phi) is 4.18. The summed E-state index contributed by atoms with van der Waals surface area (Å²) in [7, 11) is 0. The topological polar surface area (TPSA) is 128 Å². The maximum atomic E-state index is 13.2. The van der Waals surface area contributed by atoms with Crippen LogP contribution in [0.1, 0.15) is 6.92 Å². The van der Waals surface area contributed by atoms with Gasteiger partial charge in [-0.1, -0.05) is 0 Å². The fraction of sp³-hybridized carbons (Fsp3) is 0.0476. The van der Waals surface area contributed by atoms with Gasteiger partial charge < -0.3 is 5.32 Å². The Morgan fingerprint density at radius 2 is 1.58 bits per heavy atom. The first kappa shape index (κ1) is 18.4. The SMILES string of the molecule is CC(=O)Nc1ccc(-n2ccc3nc4ccn(-c5ncn[nH]5)c(=O)c4cc3c2=O)cc1. The molecule has 4 heterocycles. The number of nitrogens with one attached hydrogen (secondary N) is 2. The summed E-state index contributed by atoms with van der Waals surface area (Å²) < 4.78 is 2.77. The molecule has 2 N–H and O–H groups in total. The summed E-state index contributed by atoms with van der Waals surface area (Å²) in [5, 5.41) is 9.70. The summed E-state index contributed by atoms with van der Waals surface area (Å²) in [6.07, 6.45) is 4.50. The second-order valence-corrected chi connectivity index (χ2v) is 6.87. The molecule has 0 aliphatic rings. The minimum Gasteiger partial charge on any atom is -0.326 e. The van der Waals surface area contributed by atoms with Crippen LogP contribution in [-0.4, -0.2) is 35.2 Å². The molecule has 0 aliphatic carbocycles. The second kappa shape index (κ2) is 7.02. The number of aromatic amines is 1. The molecule has 0 aliphatic heterocycles. The quantitative estimate of drug-likeness (QED) is 0.434. The minimum absolute atomic E-state index is 0.176. The third-order valence-electron chi connectivity index (χ3n) is 4.84. The number of benzene rings is 1. The smallest absolute Gasteiger partial charge is 0.266 e. The maximum absolute atomic E-state index is 13.2. The van der Waals surface area contributed by atoms with E-state index >= 15 is 0 Å². The van der Waals surface area contributed by atoms with Gasteiger partial charge in [0, 0.05) is 30.7 Å². The van der Waals surface area contributed by atoms with E-state index in [1.165, 1.54) is 22.4 Å². The number of pyridine rings is 3. The van der Waals surface area contributed by atoms with Crippen molar-refractivity contribution in [1.82, 2.24) is 29.3 Å². The lowest BCUT2D eigenvalue weighted by molar-refractivity contribution is -0.114. The van der Waals surface area contributed by atoms with E-state index in [9.17, 15) is 14.4 Å². The molecule has 152 valence electrons. The average molecular weight is 413 g/mol. The van der Waals surface area contributed by atoms with Crippen molar-refractivity contribution in [2.24, 2.45) is 0 Å². The molecule has 10 heteroatoms. The van der Waals surface area contributed by atoms with E-state index in [2.05, 4.69) is 25.5 Å². The molecule has 0 saturated heterocycles. The Morgan fingerprint density at radius 1 is 0.935 bits per heavy atom. The Hall–Kier alpha value is -4.60. The molecule has 0 radical (unpaired) electrons. The van der Waals surface area contributed by atoms with Crippen molar-refractivity contribution in [2.75, 3.05) is 5.32 Å². The second-order valence-electron chi connectivity index (χ2n) is 6.87. The molecule has 31 heavy (non-hydrogen) atoms. The van der Waals surface area contributed by atoms with E-state index in [4.69, 9.17) is 0 Å². The Morgan fingerprint density at radius 3 is 2.19 bits per heavy atom. The van der Waals surface area contributed by atoms with Gasteiger partial charge in [-0.2, -0.15) is 10.1 Å². The van der Waals surface area contributed by atoms with Gasteiger partial charge in [0.15, 0.2) is 0 Å². The zero-order chi connectivity index (χ0) is 21.5. The van der Waals surface area contributed by atoms with E-state index in [1.807, 2.05) is 0 Å². The number of carbonyl (C=O) groups excluding carboxylic acids is 1. The normalized spacial score (nSPS) is 11.1. The molecule has 0 atom stereocenters. The molecule has 10 nitrogen and oxygen atoms in total. The Balaban J connectivity index is 1.67. The van der Waals surface area contributed by atoms with E-state index < -0.39 is 0 Å². The lowest BCUT2D eigenvalue weighted by Gasteiger charge is -2.09. The highest BCUT2D eigenvalue weighted by molar-refractivity contribution is 5.92. The Bertz CT molecular complexity index is 1570. The number of fused-ring (bicyclic) bond motifs is 2. The molecular weight excluding hydrogens is 398 g/mol. The highest BCUT2D eigenvalue weighted by Crippen LogP contribution is 2.17. The molecule has 5 aromatic rings. The van der Waals surface area contributed by atoms with E-state index in [0.717, 1.165) is 0 Å². The first-order chi connectivity index (χ1) is 15.0. The third-order valence-corrected chi connectivity index (χ3v) is 4.84. The van der Waals surface area contributed by atoms with Crippen LogP contribution in [0.4, 0.5) is 5.69 Å². The first-order valence-corrected chi connectivity index (χ1v) is 9.33. The van der Waals surface area contributed by atoms with Crippen LogP contribution in [0.5, 0.6) is 0 Å². The molecule has 0 fully saturated rings. The molecule has 1 amide bonds. The van der Waals surface area contributed by atoms with Gasteiger partial charge in [-0.05, 0) is 42.5 Å². The number of nitrogens with zero attached hydrogens (tertiary/aromatic N) is 5. The summed E-state index contributed by atoms with van der Waals surface area (Å²) in [6, 6.07) is 11.8. The zero-order valence-corrected chi connectivity index (χ0v) is 16.2. The van der Waals surface area contributed by atoms with Gasteiger partial charge in [-0.3, -0.25) is 23.5 Å². The van der Waals surface area contributed by atoms with Gasteiger partial charge in [0.25, 0.3) is 11.1 Å². The van der Waals surface area contributed by atoms with Gasteiger partial charge >= 0.3 is 0 Å². The van der Waals surface area contributed by atoms with Crippen LogP contribution >= 0.6 is 0 Å². The number of H-pyrrole nitrogens is 1. The molecule has 4 aromatic heterocycles. The van der Waals surface area contributed by atoms with Crippen LogP contribution in [0.2, 0.25) is 0 Å². The number of anilines is 1. The fourth-order valence-corrected chi connectivity index (χ4v) is 3.42. The average Bonchev–Trinajstić information content (AvgIpc) is 3.28. The van der Waals surface area contributed by atoms with Crippen LogP contribution < -0.4 is 16.4 Å². The van der Waals surface area contributed by atoms with Crippen molar-refractivity contribution in [3.63, 3.8) is 0 Å². The van der Waals surface area contributed by atoms with Crippen LogP contribution in [0.3, 0.4) is 0 Å². The van der Waals surface area contributed by atoms with Gasteiger partial charge in [-0.15, -0.1) is 0 Å². The highest BCUT2D eigenvalue weighted by Gasteiger charge is 2.12.